The molecule has 1 aromatic rings. The van der Waals surface area contributed by atoms with Crippen LogP contribution in [-0.4, -0.2) is 22.8 Å². The van der Waals surface area contributed by atoms with Crippen molar-refractivity contribution >= 4 is 5.91 Å². The molecule has 1 aromatic heterocycles. The Hall–Kier alpha value is -1.57. The first-order chi connectivity index (χ1) is 7.25. The SMILES string of the molecule is CC(N)(C(=O)NCc1ccon1)C(F)(F)F. The third kappa shape index (κ3) is 2.51. The van der Waals surface area contributed by atoms with Crippen molar-refractivity contribution in [2.45, 2.75) is 25.2 Å². The largest absolute Gasteiger partial charge is 0.415 e. The lowest BCUT2D eigenvalue weighted by Crippen LogP contribution is -2.61. The molecule has 0 aromatic carbocycles. The number of amides is 1. The lowest BCUT2D eigenvalue weighted by Gasteiger charge is -2.25. The molecule has 0 spiro atoms. The maximum absolute atomic E-state index is 12.3. The molecule has 0 radical (unpaired) electrons. The highest BCUT2D eigenvalue weighted by atomic mass is 19.4. The molecule has 5 nitrogen and oxygen atoms in total. The van der Waals surface area contributed by atoms with Crippen molar-refractivity contribution in [3.63, 3.8) is 0 Å². The van der Waals surface area contributed by atoms with Crippen molar-refractivity contribution in [3.05, 3.63) is 18.0 Å². The number of hydrogen-bond donors (Lipinski definition) is 2. The molecule has 0 aliphatic carbocycles. The lowest BCUT2D eigenvalue weighted by molar-refractivity contribution is -0.187. The fraction of sp³-hybridized carbons (Fsp3) is 0.500. The van der Waals surface area contributed by atoms with E-state index in [0.717, 1.165) is 0 Å². The molecule has 1 heterocycles. The molecule has 0 aliphatic heterocycles. The van der Waals surface area contributed by atoms with Crippen LogP contribution in [0.5, 0.6) is 0 Å². The predicted octanol–water partition coefficient (Wildman–Crippen LogP) is 0.570. The summed E-state index contributed by atoms with van der Waals surface area (Å²) in [4.78, 5) is 11.2. The van der Waals surface area contributed by atoms with Gasteiger partial charge in [0.05, 0.1) is 6.54 Å². The van der Waals surface area contributed by atoms with Gasteiger partial charge in [0.2, 0.25) is 5.91 Å². The summed E-state index contributed by atoms with van der Waals surface area (Å²) in [5.41, 5.74) is 2.29. The zero-order valence-corrected chi connectivity index (χ0v) is 8.34. The first-order valence-electron chi connectivity index (χ1n) is 4.28. The number of carbonyl (C=O) groups is 1. The Morgan fingerprint density at radius 1 is 1.62 bits per heavy atom. The number of aromatic nitrogens is 1. The molecule has 0 bridgehead atoms. The van der Waals surface area contributed by atoms with Gasteiger partial charge in [0.25, 0.3) is 0 Å². The summed E-state index contributed by atoms with van der Waals surface area (Å²) in [6.45, 7) is 0.434. The zero-order valence-electron chi connectivity index (χ0n) is 8.34. The average molecular weight is 237 g/mol. The number of halogens is 3. The second-order valence-electron chi connectivity index (χ2n) is 3.37. The number of hydrogen-bond acceptors (Lipinski definition) is 4. The van der Waals surface area contributed by atoms with E-state index in [4.69, 9.17) is 5.73 Å². The molecule has 8 heteroatoms. The normalized spacial score (nSPS) is 15.6. The molecular weight excluding hydrogens is 227 g/mol. The zero-order chi connectivity index (χ0) is 12.4. The van der Waals surface area contributed by atoms with Gasteiger partial charge < -0.3 is 15.6 Å². The first-order valence-corrected chi connectivity index (χ1v) is 4.28. The molecule has 0 aliphatic rings. The molecule has 0 saturated heterocycles. The Kier molecular flexibility index (Phi) is 3.22. The van der Waals surface area contributed by atoms with E-state index >= 15 is 0 Å². The highest BCUT2D eigenvalue weighted by molar-refractivity contribution is 5.86. The fourth-order valence-corrected chi connectivity index (χ4v) is 0.812. The van der Waals surface area contributed by atoms with E-state index < -0.39 is 17.6 Å². The molecule has 3 N–H and O–H groups in total. The quantitative estimate of drug-likeness (QED) is 0.805. The maximum Gasteiger partial charge on any atom is 0.415 e. The van der Waals surface area contributed by atoms with E-state index in [1.807, 2.05) is 5.32 Å². The van der Waals surface area contributed by atoms with E-state index in [0.29, 0.717) is 12.6 Å². The van der Waals surface area contributed by atoms with E-state index in [2.05, 4.69) is 9.68 Å². The Morgan fingerprint density at radius 3 is 2.69 bits per heavy atom. The van der Waals surface area contributed by atoms with Gasteiger partial charge in [0.15, 0.2) is 5.54 Å². The Labute approximate surface area is 88.8 Å². The number of rotatable bonds is 3. The van der Waals surface area contributed by atoms with Crippen molar-refractivity contribution in [1.29, 1.82) is 0 Å². The fourth-order valence-electron chi connectivity index (χ4n) is 0.812. The van der Waals surface area contributed by atoms with Gasteiger partial charge >= 0.3 is 6.18 Å². The molecule has 1 unspecified atom stereocenters. The van der Waals surface area contributed by atoms with Crippen LogP contribution in [0.1, 0.15) is 12.6 Å². The predicted molar refractivity (Wildman–Crippen MR) is 47.0 cm³/mol. The number of alkyl halides is 3. The Bertz CT molecular complexity index is 359. The Balaban J connectivity index is 2.59. The van der Waals surface area contributed by atoms with Gasteiger partial charge in [0.1, 0.15) is 12.0 Å². The van der Waals surface area contributed by atoms with Crippen molar-refractivity contribution in [2.24, 2.45) is 5.73 Å². The van der Waals surface area contributed by atoms with Gasteiger partial charge in [0, 0.05) is 6.07 Å². The molecule has 1 amide bonds. The average Bonchev–Trinajstić information content (AvgIpc) is 2.64. The summed E-state index contributed by atoms with van der Waals surface area (Å²) in [7, 11) is 0. The minimum absolute atomic E-state index is 0.168. The first kappa shape index (κ1) is 12.5. The third-order valence-electron chi connectivity index (χ3n) is 1.98. The second-order valence-corrected chi connectivity index (χ2v) is 3.37. The van der Waals surface area contributed by atoms with Crippen LogP contribution >= 0.6 is 0 Å². The maximum atomic E-state index is 12.3. The van der Waals surface area contributed by atoms with Crippen LogP contribution in [0.3, 0.4) is 0 Å². The number of nitrogens with two attached hydrogens (primary N) is 1. The lowest BCUT2D eigenvalue weighted by atomic mass is 10.0. The van der Waals surface area contributed by atoms with Crippen molar-refractivity contribution in [1.82, 2.24) is 10.5 Å². The molecular formula is C8H10F3N3O2. The van der Waals surface area contributed by atoms with Crippen LogP contribution in [-0.2, 0) is 11.3 Å². The summed E-state index contributed by atoms with van der Waals surface area (Å²) >= 11 is 0. The van der Waals surface area contributed by atoms with E-state index in [1.165, 1.54) is 12.3 Å². The second kappa shape index (κ2) is 4.12. The van der Waals surface area contributed by atoms with Crippen molar-refractivity contribution in [3.8, 4) is 0 Å². The number of carbonyl (C=O) groups excluding carboxylic acids is 1. The van der Waals surface area contributed by atoms with Gasteiger partial charge in [-0.2, -0.15) is 13.2 Å². The molecule has 0 saturated carbocycles. The molecule has 1 atom stereocenters. The molecule has 90 valence electrons. The molecule has 0 fully saturated rings. The number of nitrogens with one attached hydrogen (secondary N) is 1. The van der Waals surface area contributed by atoms with Crippen LogP contribution in [0.4, 0.5) is 13.2 Å². The number of nitrogens with zero attached hydrogens (tertiary/aromatic N) is 1. The van der Waals surface area contributed by atoms with Crippen LogP contribution in [0.25, 0.3) is 0 Å². The molecule has 1 rings (SSSR count). The van der Waals surface area contributed by atoms with Gasteiger partial charge in [-0.1, -0.05) is 5.16 Å². The smallest absolute Gasteiger partial charge is 0.364 e. The van der Waals surface area contributed by atoms with Gasteiger partial charge in [-0.05, 0) is 6.92 Å². The minimum atomic E-state index is -4.80. The summed E-state index contributed by atoms with van der Waals surface area (Å²) in [5.74, 6) is -1.32. The monoisotopic (exact) mass is 237 g/mol. The standard InChI is InChI=1S/C8H10F3N3O2/c1-7(12,8(9,10)11)6(15)13-4-5-2-3-16-14-5/h2-3H,4,12H2,1H3,(H,13,15). The summed E-state index contributed by atoms with van der Waals surface area (Å²) in [5, 5.41) is 5.45. The van der Waals surface area contributed by atoms with Crippen molar-refractivity contribution in [2.75, 3.05) is 0 Å². The van der Waals surface area contributed by atoms with Gasteiger partial charge in [-0.15, -0.1) is 0 Å². The highest BCUT2D eigenvalue weighted by Gasteiger charge is 2.53. The van der Waals surface area contributed by atoms with Gasteiger partial charge in [-0.3, -0.25) is 4.79 Å². The third-order valence-corrected chi connectivity index (χ3v) is 1.98. The van der Waals surface area contributed by atoms with Crippen molar-refractivity contribution < 1.29 is 22.5 Å². The summed E-state index contributed by atoms with van der Waals surface area (Å²) in [6, 6.07) is 1.42. The van der Waals surface area contributed by atoms with E-state index in [1.54, 1.807) is 0 Å². The highest BCUT2D eigenvalue weighted by Crippen LogP contribution is 2.27. The summed E-state index contributed by atoms with van der Waals surface area (Å²) in [6.07, 6.45) is -3.56. The summed E-state index contributed by atoms with van der Waals surface area (Å²) < 4.78 is 41.4. The van der Waals surface area contributed by atoms with Gasteiger partial charge in [-0.25, -0.2) is 0 Å². The van der Waals surface area contributed by atoms with Crippen LogP contribution in [0.15, 0.2) is 16.9 Å². The van der Waals surface area contributed by atoms with E-state index in [-0.39, 0.29) is 6.54 Å². The van der Waals surface area contributed by atoms with Crippen LogP contribution in [0.2, 0.25) is 0 Å². The van der Waals surface area contributed by atoms with Crippen LogP contribution in [0, 0.1) is 0 Å². The minimum Gasteiger partial charge on any atom is -0.364 e. The van der Waals surface area contributed by atoms with Crippen LogP contribution < -0.4 is 11.1 Å². The topological polar surface area (TPSA) is 81.2 Å². The molecule has 16 heavy (non-hydrogen) atoms. The van der Waals surface area contributed by atoms with E-state index in [9.17, 15) is 18.0 Å². The Morgan fingerprint density at radius 2 is 2.25 bits per heavy atom.